The predicted molar refractivity (Wildman–Crippen MR) is 46.4 cm³/mol. The number of hydrogen-bond acceptors (Lipinski definition) is 2. The van der Waals surface area contributed by atoms with Crippen molar-refractivity contribution >= 4 is 0 Å². The van der Waals surface area contributed by atoms with Crippen LogP contribution in [0.2, 0.25) is 0 Å². The molecular weight excluding hydrogens is 138 g/mol. The largest absolute Gasteiger partial charge is 0.393 e. The van der Waals surface area contributed by atoms with Crippen LogP contribution in [0.25, 0.3) is 0 Å². The van der Waals surface area contributed by atoms with E-state index < -0.39 is 0 Å². The summed E-state index contributed by atoms with van der Waals surface area (Å²) in [5.41, 5.74) is 0. The van der Waals surface area contributed by atoms with E-state index in [1.807, 2.05) is 0 Å². The summed E-state index contributed by atoms with van der Waals surface area (Å²) in [5, 5.41) is 9.58. The molecule has 1 saturated carbocycles. The van der Waals surface area contributed by atoms with Gasteiger partial charge >= 0.3 is 0 Å². The standard InChI is InChI=1S/C9H19NO/c1-7-4-8(6-10(2)3)9(11)5-7/h7-9,11H,4-6H2,1-3H3. The molecule has 3 atom stereocenters. The van der Waals surface area contributed by atoms with Crippen molar-refractivity contribution in [2.45, 2.75) is 25.9 Å². The Morgan fingerprint density at radius 2 is 2.00 bits per heavy atom. The Labute approximate surface area is 69.2 Å². The third-order valence-corrected chi connectivity index (χ3v) is 2.49. The molecule has 0 heterocycles. The molecule has 1 fully saturated rings. The zero-order valence-electron chi connectivity index (χ0n) is 7.75. The van der Waals surface area contributed by atoms with Crippen LogP contribution in [0.5, 0.6) is 0 Å². The van der Waals surface area contributed by atoms with Crippen LogP contribution in [0.4, 0.5) is 0 Å². The van der Waals surface area contributed by atoms with Gasteiger partial charge in [0.15, 0.2) is 0 Å². The van der Waals surface area contributed by atoms with Crippen molar-refractivity contribution in [3.8, 4) is 0 Å². The predicted octanol–water partition coefficient (Wildman–Crippen LogP) is 0.955. The lowest BCUT2D eigenvalue weighted by Gasteiger charge is -2.18. The molecule has 66 valence electrons. The highest BCUT2D eigenvalue weighted by Gasteiger charge is 2.30. The van der Waals surface area contributed by atoms with Crippen molar-refractivity contribution in [1.82, 2.24) is 4.90 Å². The molecule has 1 aliphatic rings. The fourth-order valence-corrected chi connectivity index (χ4v) is 2.04. The highest BCUT2D eigenvalue weighted by molar-refractivity contribution is 4.82. The Balaban J connectivity index is 2.34. The number of hydrogen-bond donors (Lipinski definition) is 1. The molecule has 0 radical (unpaired) electrons. The van der Waals surface area contributed by atoms with E-state index >= 15 is 0 Å². The molecule has 0 aromatic carbocycles. The van der Waals surface area contributed by atoms with Gasteiger partial charge in [-0.05, 0) is 38.8 Å². The Bertz CT molecular complexity index is 125. The summed E-state index contributed by atoms with van der Waals surface area (Å²) in [5.74, 6) is 1.23. The van der Waals surface area contributed by atoms with Crippen molar-refractivity contribution in [3.63, 3.8) is 0 Å². The minimum atomic E-state index is -0.0487. The van der Waals surface area contributed by atoms with Gasteiger partial charge in [0.1, 0.15) is 0 Å². The van der Waals surface area contributed by atoms with Gasteiger partial charge in [0.05, 0.1) is 6.10 Å². The molecular formula is C9H19NO. The number of rotatable bonds is 2. The highest BCUT2D eigenvalue weighted by atomic mass is 16.3. The van der Waals surface area contributed by atoms with Crippen LogP contribution in [0.3, 0.4) is 0 Å². The van der Waals surface area contributed by atoms with Crippen molar-refractivity contribution in [3.05, 3.63) is 0 Å². The maximum atomic E-state index is 9.58. The lowest BCUT2D eigenvalue weighted by Crippen LogP contribution is -2.26. The van der Waals surface area contributed by atoms with Gasteiger partial charge in [-0.2, -0.15) is 0 Å². The second kappa shape index (κ2) is 3.55. The first-order valence-electron chi connectivity index (χ1n) is 4.42. The van der Waals surface area contributed by atoms with E-state index in [1.54, 1.807) is 0 Å². The Morgan fingerprint density at radius 3 is 2.36 bits per heavy atom. The molecule has 2 nitrogen and oxygen atoms in total. The molecule has 0 saturated heterocycles. The summed E-state index contributed by atoms with van der Waals surface area (Å²) in [6.45, 7) is 3.25. The maximum absolute atomic E-state index is 9.58. The monoisotopic (exact) mass is 157 g/mol. The number of aliphatic hydroxyl groups is 1. The molecule has 1 N–H and O–H groups in total. The van der Waals surface area contributed by atoms with Crippen LogP contribution in [-0.4, -0.2) is 36.8 Å². The molecule has 0 aromatic heterocycles. The quantitative estimate of drug-likeness (QED) is 0.645. The summed E-state index contributed by atoms with van der Waals surface area (Å²) in [4.78, 5) is 2.16. The first kappa shape index (κ1) is 9.01. The fraction of sp³-hybridized carbons (Fsp3) is 1.00. The molecule has 1 aliphatic carbocycles. The average molecular weight is 157 g/mol. The first-order valence-corrected chi connectivity index (χ1v) is 4.42. The lowest BCUT2D eigenvalue weighted by atomic mass is 10.1. The van der Waals surface area contributed by atoms with E-state index in [-0.39, 0.29) is 6.10 Å². The summed E-state index contributed by atoms with van der Waals surface area (Å²) in [7, 11) is 4.13. The van der Waals surface area contributed by atoms with Gasteiger partial charge in [0, 0.05) is 6.54 Å². The van der Waals surface area contributed by atoms with Gasteiger partial charge in [-0.1, -0.05) is 6.92 Å². The third kappa shape index (κ3) is 2.46. The molecule has 1 rings (SSSR count). The minimum Gasteiger partial charge on any atom is -0.393 e. The summed E-state index contributed by atoms with van der Waals surface area (Å²) in [6.07, 6.45) is 2.14. The topological polar surface area (TPSA) is 23.5 Å². The van der Waals surface area contributed by atoms with Crippen molar-refractivity contribution < 1.29 is 5.11 Å². The highest BCUT2D eigenvalue weighted by Crippen LogP contribution is 2.30. The Kier molecular flexibility index (Phi) is 2.90. The van der Waals surface area contributed by atoms with Gasteiger partial charge in [-0.3, -0.25) is 0 Å². The van der Waals surface area contributed by atoms with Gasteiger partial charge < -0.3 is 10.0 Å². The lowest BCUT2D eigenvalue weighted by molar-refractivity contribution is 0.114. The zero-order valence-corrected chi connectivity index (χ0v) is 7.75. The molecule has 2 heteroatoms. The van der Waals surface area contributed by atoms with Crippen LogP contribution in [0, 0.1) is 11.8 Å². The van der Waals surface area contributed by atoms with Crippen molar-refractivity contribution in [1.29, 1.82) is 0 Å². The summed E-state index contributed by atoms with van der Waals surface area (Å²) in [6, 6.07) is 0. The van der Waals surface area contributed by atoms with E-state index in [9.17, 15) is 5.11 Å². The third-order valence-electron chi connectivity index (χ3n) is 2.49. The summed E-state index contributed by atoms with van der Waals surface area (Å²) < 4.78 is 0. The van der Waals surface area contributed by atoms with E-state index in [1.165, 1.54) is 6.42 Å². The fourth-order valence-electron chi connectivity index (χ4n) is 2.04. The maximum Gasteiger partial charge on any atom is 0.0583 e. The summed E-state index contributed by atoms with van der Waals surface area (Å²) >= 11 is 0. The molecule has 0 amide bonds. The zero-order chi connectivity index (χ0) is 8.43. The molecule has 0 bridgehead atoms. The van der Waals surface area contributed by atoms with Crippen LogP contribution in [0.1, 0.15) is 19.8 Å². The van der Waals surface area contributed by atoms with Crippen LogP contribution in [-0.2, 0) is 0 Å². The van der Waals surface area contributed by atoms with Gasteiger partial charge in [0.2, 0.25) is 0 Å². The van der Waals surface area contributed by atoms with Crippen molar-refractivity contribution in [2.75, 3.05) is 20.6 Å². The normalized spacial score (nSPS) is 38.5. The Morgan fingerprint density at radius 1 is 1.36 bits per heavy atom. The SMILES string of the molecule is CC1CC(O)C(CN(C)C)C1. The average Bonchev–Trinajstić information content (AvgIpc) is 2.09. The first-order chi connectivity index (χ1) is 5.09. The Hall–Kier alpha value is -0.0800. The molecule has 0 aliphatic heterocycles. The number of nitrogens with zero attached hydrogens (tertiary/aromatic N) is 1. The molecule has 3 unspecified atom stereocenters. The van der Waals surface area contributed by atoms with E-state index in [0.717, 1.165) is 18.9 Å². The molecule has 0 aromatic rings. The second-order valence-corrected chi connectivity index (χ2v) is 4.17. The molecule has 0 spiro atoms. The van der Waals surface area contributed by atoms with E-state index in [4.69, 9.17) is 0 Å². The smallest absolute Gasteiger partial charge is 0.0583 e. The van der Waals surface area contributed by atoms with Crippen LogP contribution < -0.4 is 0 Å². The van der Waals surface area contributed by atoms with Crippen LogP contribution in [0.15, 0.2) is 0 Å². The van der Waals surface area contributed by atoms with Gasteiger partial charge in [-0.25, -0.2) is 0 Å². The van der Waals surface area contributed by atoms with Crippen LogP contribution >= 0.6 is 0 Å². The number of aliphatic hydroxyl groups excluding tert-OH is 1. The van der Waals surface area contributed by atoms with E-state index in [2.05, 4.69) is 25.9 Å². The second-order valence-electron chi connectivity index (χ2n) is 4.17. The van der Waals surface area contributed by atoms with E-state index in [0.29, 0.717) is 5.92 Å². The minimum absolute atomic E-state index is 0.0487. The van der Waals surface area contributed by atoms with Gasteiger partial charge in [0.25, 0.3) is 0 Å². The van der Waals surface area contributed by atoms with Gasteiger partial charge in [-0.15, -0.1) is 0 Å². The molecule has 11 heavy (non-hydrogen) atoms. The van der Waals surface area contributed by atoms with Crippen molar-refractivity contribution in [2.24, 2.45) is 11.8 Å².